The number of benzene rings is 2. The molecule has 27 nitrogen and oxygen atoms in total. The Bertz CT molecular complexity index is 7630. The van der Waals surface area contributed by atoms with Crippen molar-refractivity contribution in [3.63, 3.8) is 0 Å². The summed E-state index contributed by atoms with van der Waals surface area (Å²) in [6.07, 6.45) is 5.86. The number of aromatic amines is 5. The molecule has 1 saturated carbocycles. The molecule has 1 fully saturated rings. The summed E-state index contributed by atoms with van der Waals surface area (Å²) in [5.74, 6) is 0.628. The molecule has 0 amide bonds. The molecule has 0 spiro atoms. The van der Waals surface area contributed by atoms with E-state index in [4.69, 9.17) is 4.74 Å². The van der Waals surface area contributed by atoms with Gasteiger partial charge in [-0.1, -0.05) is 118 Å². The van der Waals surface area contributed by atoms with Gasteiger partial charge in [0.15, 0.2) is 25.8 Å². The van der Waals surface area contributed by atoms with Gasteiger partial charge in [-0.3, -0.25) is 0 Å². The topological polar surface area (TPSA) is 421 Å². The van der Waals surface area contributed by atoms with Gasteiger partial charge in [-0.2, -0.15) is 92.2 Å². The molecule has 47 heteroatoms. The van der Waals surface area contributed by atoms with Gasteiger partial charge in [0.05, 0.1) is 96.1 Å². The number of nitrogens with one attached hydrogen (secondary N) is 5. The second-order valence-corrected chi connectivity index (χ2v) is 37.0. The highest BCUT2D eigenvalue weighted by Gasteiger charge is 2.38. The molecular weight excluding hydrogens is 1970 g/mol. The molecule has 142 heavy (non-hydrogen) atoms. The number of pyridine rings is 5. The largest absolute Gasteiger partial charge is 0.496 e. The van der Waals surface area contributed by atoms with Crippen molar-refractivity contribution in [2.75, 3.05) is 13.7 Å². The van der Waals surface area contributed by atoms with Gasteiger partial charge in [-0.15, -0.1) is 0 Å². The Labute approximate surface area is 817 Å². The first-order valence-corrected chi connectivity index (χ1v) is 47.0. The van der Waals surface area contributed by atoms with Crippen molar-refractivity contribution in [2.45, 2.75) is 167 Å². The number of nitrogens with zero attached hydrogens (tertiary/aromatic N) is 20. The van der Waals surface area contributed by atoms with Gasteiger partial charge in [0, 0.05) is 175 Å². The number of hydrogen-bond acceptors (Lipinski definition) is 27. The SMILES string of the molecule is CCCC(C)Sc1ncc(C#N)c(-c2c[nH]c3ncc(C(F)(F)F)cc23)n1.CCCC(CCO)Sc1ncc(C#N)c(-c2c[nH]c3ncc(C(F)(F)F)cc23)n1.COc1ccccc1Sc1ncc(C#N)c(-c2c[nH]c3ncc(C(F)(F)F)cc23)n1.N#Cc1cnc(SC2CCCCC2)nc1-c1c[nH]c2ncc(C(F)(F)F)cc12.N#Cc1cnc(Sc2ccccc2)nc1-c1c[nH]c2ncc(C(F)(F)F)cc12. The first-order valence-electron chi connectivity index (χ1n) is 42.8. The number of thioether (sulfide) groups is 3. The predicted molar refractivity (Wildman–Crippen MR) is 501 cm³/mol. The fourth-order valence-corrected chi connectivity index (χ4v) is 19.4. The third-order valence-corrected chi connectivity index (χ3v) is 26.7. The highest BCUT2D eigenvalue weighted by Crippen LogP contribution is 2.45. The number of halogens is 15. The number of aliphatic hydroxyl groups excluding tert-OH is 1. The van der Waals surface area contributed by atoms with Crippen LogP contribution in [0.15, 0.2) is 213 Å². The van der Waals surface area contributed by atoms with Crippen LogP contribution in [-0.2, 0) is 30.9 Å². The number of rotatable bonds is 22. The summed E-state index contributed by atoms with van der Waals surface area (Å²) < 4.78 is 202. The molecule has 2 aromatic carbocycles. The summed E-state index contributed by atoms with van der Waals surface area (Å²) in [5.41, 5.74) is 1.18. The summed E-state index contributed by atoms with van der Waals surface area (Å²) >= 11 is 6.94. The second-order valence-electron chi connectivity index (χ2n) is 31.0. The number of alkyl halides is 15. The molecule has 1 aliphatic carbocycles. The quantitative estimate of drug-likeness (QED) is 0.0208. The van der Waals surface area contributed by atoms with Gasteiger partial charge >= 0.3 is 30.9 Å². The van der Waals surface area contributed by atoms with Crippen molar-refractivity contribution >= 4 is 114 Å². The summed E-state index contributed by atoms with van der Waals surface area (Å²) in [7, 11) is 1.54. The first kappa shape index (κ1) is 103. The van der Waals surface area contributed by atoms with Gasteiger partial charge in [0.1, 0.15) is 64.3 Å². The number of ether oxygens (including phenoxy) is 1. The maximum Gasteiger partial charge on any atom is 0.417 e. The molecule has 1 aliphatic rings. The van der Waals surface area contributed by atoms with Crippen LogP contribution in [0.4, 0.5) is 65.9 Å². The highest BCUT2D eigenvalue weighted by atomic mass is 32.2. The van der Waals surface area contributed by atoms with E-state index in [1.165, 1.54) is 128 Å². The third kappa shape index (κ3) is 25.0. The van der Waals surface area contributed by atoms with Crippen molar-refractivity contribution < 1.29 is 75.7 Å². The lowest BCUT2D eigenvalue weighted by molar-refractivity contribution is -0.138. The number of methoxy groups -OCH3 is 1. The molecule has 0 aliphatic heterocycles. The number of nitriles is 5. The number of H-pyrrole nitrogens is 5. The zero-order valence-electron chi connectivity index (χ0n) is 74.3. The summed E-state index contributed by atoms with van der Waals surface area (Å²) in [6.45, 7) is 6.21. The number of para-hydroxylation sites is 1. The average molecular weight is 2040 g/mol. The molecule has 17 aromatic rings. The number of aromatic nitrogens is 20. The van der Waals surface area contributed by atoms with Gasteiger partial charge in [0.25, 0.3) is 0 Å². The molecule has 2 unspecified atom stereocenters. The third-order valence-electron chi connectivity index (χ3n) is 21.4. The summed E-state index contributed by atoms with van der Waals surface area (Å²) in [5, 5.41) is 60.6. The Hall–Kier alpha value is -14.8. The minimum atomic E-state index is -4.54. The molecule has 15 aromatic heterocycles. The molecule has 0 saturated heterocycles. The van der Waals surface area contributed by atoms with Crippen molar-refractivity contribution in [3.05, 3.63) is 234 Å². The maximum atomic E-state index is 13.1. The molecular formula is C95H72F15N25O2S5. The zero-order chi connectivity index (χ0) is 101. The van der Waals surface area contributed by atoms with Crippen LogP contribution in [-0.4, -0.2) is 134 Å². The van der Waals surface area contributed by atoms with Crippen molar-refractivity contribution in [1.29, 1.82) is 26.3 Å². The van der Waals surface area contributed by atoms with E-state index in [0.717, 1.165) is 110 Å². The monoisotopic (exact) mass is 2040 g/mol. The van der Waals surface area contributed by atoms with Crippen LogP contribution in [0, 0.1) is 56.7 Å². The molecule has 724 valence electrons. The van der Waals surface area contributed by atoms with Crippen molar-refractivity contribution in [2.24, 2.45) is 0 Å². The highest BCUT2D eigenvalue weighted by molar-refractivity contribution is 8.00. The Morgan fingerprint density at radius 3 is 1.02 bits per heavy atom. The number of fused-ring (bicyclic) bond motifs is 5. The van der Waals surface area contributed by atoms with E-state index < -0.39 is 58.7 Å². The van der Waals surface area contributed by atoms with Gasteiger partial charge in [0.2, 0.25) is 0 Å². The van der Waals surface area contributed by atoms with E-state index in [0.29, 0.717) is 93.7 Å². The van der Waals surface area contributed by atoms with Gasteiger partial charge < -0.3 is 34.8 Å². The Balaban J connectivity index is 0.000000141. The fourth-order valence-electron chi connectivity index (χ4n) is 14.6. The molecule has 18 rings (SSSR count). The summed E-state index contributed by atoms with van der Waals surface area (Å²) in [6, 6.07) is 31.7. The number of hydrogen-bond donors (Lipinski definition) is 6. The Morgan fingerprint density at radius 2 is 0.690 bits per heavy atom. The van der Waals surface area contributed by atoms with Crippen LogP contribution in [0.5, 0.6) is 5.75 Å². The molecule has 2 atom stereocenters. The van der Waals surface area contributed by atoms with Crippen LogP contribution in [0.1, 0.15) is 141 Å². The average Bonchev–Trinajstić information content (AvgIpc) is 1.63. The smallest absolute Gasteiger partial charge is 0.417 e. The lowest BCUT2D eigenvalue weighted by atomic mass is 10.0. The molecule has 0 radical (unpaired) electrons. The first-order chi connectivity index (χ1) is 68.0. The predicted octanol–water partition coefficient (Wildman–Crippen LogP) is 25.2. The van der Waals surface area contributed by atoms with E-state index in [-0.39, 0.29) is 106 Å². The number of aliphatic hydroxyl groups is 1. The normalized spacial score (nSPS) is 12.8. The standard InChI is InChI=1S/C20H12F3N5OS.C19H18F3N5OS.C19H16F3N5S.C19H10F3N5S.C18H16F3N5S/c1-29-15-4-2-3-5-16(15)30-19-27-8-11(7-24)17(28-19)14-10-26-18-13(14)6-12(9-25-18)20(21,22)23;1-2-3-13(4-5-28)29-18-26-8-11(7-23)16(27-18)15-10-25-17-14(15)6-12(9-24-17)19(20,21)22;2*20-19(21,22)12-6-14-15(10-25-17(14)24-9-12)16-11(7-23)8-26-18(27-16)28-13-4-2-1-3-5-13;1-3-4-10(2)27-17-25-7-11(6-22)15(26-17)14-9-24-16-13(14)5-12(8-23-16)18(19,20)21/h2-6,8-10H,1H3,(H,25,26);6,8-10,13,28H,2-5H2,1H3,(H,24,25);6,8-10,13H,1-5H2,(H,24,25);1-6,8-10H,(H,24,25);5,7-10H,3-4H2,1-2H3,(H,23,24). The van der Waals surface area contributed by atoms with Crippen LogP contribution >= 0.6 is 58.8 Å². The van der Waals surface area contributed by atoms with E-state index in [1.807, 2.05) is 85.8 Å². The second kappa shape index (κ2) is 45.2. The lowest BCUT2D eigenvalue weighted by Crippen LogP contribution is -2.09. The van der Waals surface area contributed by atoms with Gasteiger partial charge in [-0.25, -0.2) is 74.8 Å². The van der Waals surface area contributed by atoms with Gasteiger partial charge in [-0.05, 0) is 110 Å². The van der Waals surface area contributed by atoms with Crippen LogP contribution in [0.3, 0.4) is 0 Å². The van der Waals surface area contributed by atoms with E-state index >= 15 is 0 Å². The summed E-state index contributed by atoms with van der Waals surface area (Å²) in [4.78, 5) is 78.4. The Morgan fingerprint density at radius 1 is 0.380 bits per heavy atom. The molecule has 0 bridgehead atoms. The minimum Gasteiger partial charge on any atom is -0.496 e. The van der Waals surface area contributed by atoms with Crippen LogP contribution in [0.2, 0.25) is 0 Å². The Kier molecular flexibility index (Phi) is 32.8. The van der Waals surface area contributed by atoms with E-state index in [1.54, 1.807) is 24.9 Å². The molecule has 6 N–H and O–H groups in total. The molecule has 15 heterocycles. The minimum absolute atomic E-state index is 0.0368. The van der Waals surface area contributed by atoms with Crippen molar-refractivity contribution in [3.8, 4) is 92.4 Å². The lowest BCUT2D eigenvalue weighted by Gasteiger charge is -2.20. The van der Waals surface area contributed by atoms with Crippen LogP contribution in [0.25, 0.3) is 111 Å². The van der Waals surface area contributed by atoms with Crippen LogP contribution < -0.4 is 4.74 Å². The maximum absolute atomic E-state index is 13.1. The van der Waals surface area contributed by atoms with E-state index in [9.17, 15) is 97.3 Å². The van der Waals surface area contributed by atoms with E-state index in [2.05, 4.69) is 114 Å². The zero-order valence-corrected chi connectivity index (χ0v) is 78.3. The fraction of sp³-hybridized carbons (Fsp3) is 0.242. The van der Waals surface area contributed by atoms with Crippen molar-refractivity contribution in [1.82, 2.24) is 99.7 Å².